The van der Waals surface area contributed by atoms with E-state index >= 15 is 0 Å². The van der Waals surface area contributed by atoms with Crippen LogP contribution in [0.5, 0.6) is 0 Å². The first kappa shape index (κ1) is 15.9. The van der Waals surface area contributed by atoms with Gasteiger partial charge >= 0.3 is 0 Å². The standard InChI is InChI=1S/C18H13I2NO/c19-15-7-3-5-13(11-15)18(22,17-9-1-2-10-21-17)14-6-4-8-16(20)12-14/h1-12,22H. The van der Waals surface area contributed by atoms with Crippen molar-refractivity contribution < 1.29 is 5.11 Å². The van der Waals surface area contributed by atoms with Crippen molar-refractivity contribution in [3.05, 3.63) is 96.9 Å². The van der Waals surface area contributed by atoms with Gasteiger partial charge in [0.05, 0.1) is 5.69 Å². The fourth-order valence-corrected chi connectivity index (χ4v) is 3.55. The topological polar surface area (TPSA) is 33.1 Å². The highest BCUT2D eigenvalue weighted by Gasteiger charge is 2.35. The number of aliphatic hydroxyl groups is 1. The summed E-state index contributed by atoms with van der Waals surface area (Å²) in [6.07, 6.45) is 1.71. The Morgan fingerprint density at radius 2 is 1.36 bits per heavy atom. The van der Waals surface area contributed by atoms with Crippen molar-refractivity contribution in [3.63, 3.8) is 0 Å². The van der Waals surface area contributed by atoms with Crippen molar-refractivity contribution in [2.24, 2.45) is 0 Å². The second-order valence-electron chi connectivity index (χ2n) is 4.95. The summed E-state index contributed by atoms with van der Waals surface area (Å²) in [5, 5.41) is 11.6. The second-order valence-corrected chi connectivity index (χ2v) is 7.44. The molecular weight excluding hydrogens is 500 g/mol. The van der Waals surface area contributed by atoms with Gasteiger partial charge in [0.25, 0.3) is 0 Å². The predicted octanol–water partition coefficient (Wildman–Crippen LogP) is 4.58. The van der Waals surface area contributed by atoms with Crippen LogP contribution in [0.25, 0.3) is 0 Å². The third-order valence-corrected chi connectivity index (χ3v) is 4.86. The zero-order valence-electron chi connectivity index (χ0n) is 11.6. The molecule has 2 nitrogen and oxygen atoms in total. The quantitative estimate of drug-likeness (QED) is 0.521. The van der Waals surface area contributed by atoms with Crippen LogP contribution in [-0.4, -0.2) is 10.1 Å². The van der Waals surface area contributed by atoms with Crippen LogP contribution in [0.2, 0.25) is 0 Å². The molecule has 1 heterocycles. The van der Waals surface area contributed by atoms with Crippen LogP contribution in [0, 0.1) is 7.14 Å². The van der Waals surface area contributed by atoms with Gasteiger partial charge in [-0.3, -0.25) is 4.98 Å². The van der Waals surface area contributed by atoms with E-state index in [4.69, 9.17) is 0 Å². The lowest BCUT2D eigenvalue weighted by atomic mass is 9.83. The smallest absolute Gasteiger partial charge is 0.157 e. The Bertz CT molecular complexity index is 744. The molecule has 4 heteroatoms. The molecule has 0 radical (unpaired) electrons. The van der Waals surface area contributed by atoms with Crippen molar-refractivity contribution in [1.29, 1.82) is 0 Å². The Labute approximate surface area is 156 Å². The minimum absolute atomic E-state index is 0.624. The highest BCUT2D eigenvalue weighted by molar-refractivity contribution is 14.1. The number of halogens is 2. The highest BCUT2D eigenvalue weighted by atomic mass is 127. The van der Waals surface area contributed by atoms with Crippen LogP contribution in [-0.2, 0) is 5.60 Å². The maximum atomic E-state index is 11.6. The first-order valence-electron chi connectivity index (χ1n) is 6.76. The van der Waals surface area contributed by atoms with E-state index in [1.807, 2.05) is 66.7 Å². The minimum atomic E-state index is -1.26. The molecule has 0 amide bonds. The van der Waals surface area contributed by atoms with Gasteiger partial charge in [0.1, 0.15) is 0 Å². The third kappa shape index (κ3) is 3.04. The average molecular weight is 513 g/mol. The van der Waals surface area contributed by atoms with Crippen molar-refractivity contribution in [2.75, 3.05) is 0 Å². The number of aromatic nitrogens is 1. The summed E-state index contributed by atoms with van der Waals surface area (Å²) in [6, 6.07) is 21.4. The molecule has 0 saturated heterocycles. The molecule has 0 bridgehead atoms. The van der Waals surface area contributed by atoms with Gasteiger partial charge in [-0.15, -0.1) is 0 Å². The Hall–Kier alpha value is -0.990. The van der Waals surface area contributed by atoms with Gasteiger partial charge in [0.15, 0.2) is 5.60 Å². The van der Waals surface area contributed by atoms with Crippen LogP contribution in [0.3, 0.4) is 0 Å². The van der Waals surface area contributed by atoms with Gasteiger partial charge in [0, 0.05) is 13.3 Å². The molecule has 3 rings (SSSR count). The zero-order chi connectivity index (χ0) is 15.6. The summed E-state index contributed by atoms with van der Waals surface area (Å²) in [5.74, 6) is 0. The van der Waals surface area contributed by atoms with Crippen LogP contribution < -0.4 is 0 Å². The van der Waals surface area contributed by atoms with Gasteiger partial charge < -0.3 is 5.11 Å². The number of pyridine rings is 1. The maximum Gasteiger partial charge on any atom is 0.157 e. The van der Waals surface area contributed by atoms with E-state index in [2.05, 4.69) is 50.2 Å². The molecule has 3 aromatic rings. The molecule has 0 saturated carbocycles. The summed E-state index contributed by atoms with van der Waals surface area (Å²) >= 11 is 4.52. The molecule has 0 aliphatic carbocycles. The van der Waals surface area contributed by atoms with Gasteiger partial charge in [-0.05, 0) is 92.7 Å². The van der Waals surface area contributed by atoms with Crippen molar-refractivity contribution in [3.8, 4) is 0 Å². The van der Waals surface area contributed by atoms with Gasteiger partial charge in [-0.1, -0.05) is 30.3 Å². The molecule has 0 atom stereocenters. The van der Waals surface area contributed by atoms with Gasteiger partial charge in [-0.2, -0.15) is 0 Å². The molecule has 0 aliphatic heterocycles. The van der Waals surface area contributed by atoms with E-state index in [-0.39, 0.29) is 0 Å². The minimum Gasteiger partial charge on any atom is -0.374 e. The summed E-state index contributed by atoms with van der Waals surface area (Å²) in [5.41, 5.74) is 1.00. The van der Waals surface area contributed by atoms with Crippen LogP contribution in [0.15, 0.2) is 72.9 Å². The monoisotopic (exact) mass is 513 g/mol. The first-order valence-corrected chi connectivity index (χ1v) is 8.92. The molecule has 0 aliphatic rings. The Morgan fingerprint density at radius 3 is 1.82 bits per heavy atom. The van der Waals surface area contributed by atoms with Crippen LogP contribution in [0.4, 0.5) is 0 Å². The number of nitrogens with zero attached hydrogens (tertiary/aromatic N) is 1. The summed E-state index contributed by atoms with van der Waals surface area (Å²) in [7, 11) is 0. The normalized spacial score (nSPS) is 11.4. The van der Waals surface area contributed by atoms with Gasteiger partial charge in [0.2, 0.25) is 0 Å². The molecule has 1 N–H and O–H groups in total. The molecule has 0 unspecified atom stereocenters. The average Bonchev–Trinajstić information content (AvgIpc) is 2.55. The lowest BCUT2D eigenvalue weighted by Crippen LogP contribution is -2.30. The van der Waals surface area contributed by atoms with Gasteiger partial charge in [-0.25, -0.2) is 0 Å². The van der Waals surface area contributed by atoms with Crippen molar-refractivity contribution in [2.45, 2.75) is 5.60 Å². The van der Waals surface area contributed by atoms with E-state index < -0.39 is 5.60 Å². The number of hydrogen-bond donors (Lipinski definition) is 1. The Morgan fingerprint density at radius 1 is 0.773 bits per heavy atom. The molecule has 22 heavy (non-hydrogen) atoms. The van der Waals surface area contributed by atoms with E-state index in [1.165, 1.54) is 0 Å². The predicted molar refractivity (Wildman–Crippen MR) is 105 cm³/mol. The Kier molecular flexibility index (Phi) is 4.79. The van der Waals surface area contributed by atoms with E-state index in [0.29, 0.717) is 5.69 Å². The molecule has 0 fully saturated rings. The molecule has 0 spiro atoms. The molecular formula is C18H13I2NO. The lowest BCUT2D eigenvalue weighted by Gasteiger charge is -2.29. The van der Waals surface area contributed by atoms with Crippen molar-refractivity contribution >= 4 is 45.2 Å². The van der Waals surface area contributed by atoms with E-state index in [0.717, 1.165) is 18.3 Å². The lowest BCUT2D eigenvalue weighted by molar-refractivity contribution is 0.120. The summed E-state index contributed by atoms with van der Waals surface area (Å²) < 4.78 is 2.16. The third-order valence-electron chi connectivity index (χ3n) is 3.52. The fraction of sp³-hybridized carbons (Fsp3) is 0.0556. The molecule has 110 valence electrons. The molecule has 1 aromatic heterocycles. The first-order chi connectivity index (χ1) is 10.6. The fourth-order valence-electron chi connectivity index (χ4n) is 2.47. The number of hydrogen-bond acceptors (Lipinski definition) is 2. The second kappa shape index (κ2) is 6.64. The van der Waals surface area contributed by atoms with E-state index in [1.54, 1.807) is 6.20 Å². The van der Waals surface area contributed by atoms with E-state index in [9.17, 15) is 5.11 Å². The zero-order valence-corrected chi connectivity index (χ0v) is 15.9. The summed E-state index contributed by atoms with van der Waals surface area (Å²) in [4.78, 5) is 4.41. The van der Waals surface area contributed by atoms with Crippen LogP contribution in [0.1, 0.15) is 16.8 Å². The SMILES string of the molecule is OC(c1cccc(I)c1)(c1cccc(I)c1)c1ccccn1. The number of rotatable bonds is 3. The van der Waals surface area contributed by atoms with Crippen molar-refractivity contribution in [1.82, 2.24) is 4.98 Å². The largest absolute Gasteiger partial charge is 0.374 e. The van der Waals surface area contributed by atoms with Crippen LogP contribution >= 0.6 is 45.2 Å². The summed E-state index contributed by atoms with van der Waals surface area (Å²) in [6.45, 7) is 0. The molecule has 2 aromatic carbocycles. The number of benzene rings is 2. The Balaban J connectivity index is 2.27. The highest BCUT2D eigenvalue weighted by Crippen LogP contribution is 2.36. The maximum absolute atomic E-state index is 11.6.